The Morgan fingerprint density at radius 3 is 2.55 bits per heavy atom. The maximum atomic E-state index is 10.9. The lowest BCUT2D eigenvalue weighted by Gasteiger charge is -2.14. The summed E-state index contributed by atoms with van der Waals surface area (Å²) in [4.78, 5) is 14.6. The minimum absolute atomic E-state index is 0.375. The van der Waals surface area contributed by atoms with Gasteiger partial charge in [-0.1, -0.05) is 11.6 Å². The van der Waals surface area contributed by atoms with E-state index in [1.807, 2.05) is 0 Å². The predicted octanol–water partition coefficient (Wildman–Crippen LogP) is 2.11. The molecule has 1 aliphatic heterocycles. The first kappa shape index (κ1) is 8.75. The lowest BCUT2D eigenvalue weighted by Crippen LogP contribution is -2.21. The Labute approximate surface area is 74.9 Å². The average molecular weight is 192 g/mol. The van der Waals surface area contributed by atoms with Gasteiger partial charge in [0.1, 0.15) is 0 Å². The number of aliphatic imine (C=N–C) groups is 1. The summed E-state index contributed by atoms with van der Waals surface area (Å²) in [6, 6.07) is 0. The molecular formula is C7H7Cl2NO. The molecule has 0 aliphatic carbocycles. The molecule has 0 radical (unpaired) electrons. The van der Waals surface area contributed by atoms with Gasteiger partial charge < -0.3 is 0 Å². The molecule has 1 unspecified atom stereocenters. The van der Waals surface area contributed by atoms with Crippen LogP contribution in [0.3, 0.4) is 0 Å². The number of hydrogen-bond acceptors (Lipinski definition) is 1. The molecule has 0 spiro atoms. The summed E-state index contributed by atoms with van der Waals surface area (Å²) < 4.78 is 0. The van der Waals surface area contributed by atoms with Crippen molar-refractivity contribution in [3.63, 3.8) is 0 Å². The molecule has 0 aromatic carbocycles. The number of carbonyl (C=O) groups excluding carboxylic acids is 1. The van der Waals surface area contributed by atoms with Crippen LogP contribution in [-0.4, -0.2) is 17.0 Å². The SMILES string of the molecule is CC1=NC(=O)C(Cl)C(Cl)=C1C. The first-order valence-electron chi connectivity index (χ1n) is 3.14. The maximum Gasteiger partial charge on any atom is 0.269 e. The molecule has 0 aromatic heterocycles. The summed E-state index contributed by atoms with van der Waals surface area (Å²) in [6.07, 6.45) is 0. The Morgan fingerprint density at radius 2 is 2.00 bits per heavy atom. The van der Waals surface area contributed by atoms with Crippen molar-refractivity contribution in [3.05, 3.63) is 10.6 Å². The van der Waals surface area contributed by atoms with Crippen LogP contribution in [0, 0.1) is 0 Å². The normalized spacial score (nSPS) is 25.6. The second-order valence-electron chi connectivity index (χ2n) is 2.37. The molecule has 60 valence electrons. The zero-order valence-corrected chi connectivity index (χ0v) is 7.70. The minimum atomic E-state index is -0.777. The van der Waals surface area contributed by atoms with Crippen molar-refractivity contribution in [2.45, 2.75) is 19.2 Å². The van der Waals surface area contributed by atoms with Crippen LogP contribution in [0.25, 0.3) is 0 Å². The maximum absolute atomic E-state index is 10.9. The molecule has 0 saturated carbocycles. The van der Waals surface area contributed by atoms with Gasteiger partial charge in [0, 0.05) is 5.71 Å². The zero-order chi connectivity index (χ0) is 8.59. The van der Waals surface area contributed by atoms with E-state index in [1.165, 1.54) is 0 Å². The molecule has 0 fully saturated rings. The second kappa shape index (κ2) is 2.95. The molecule has 11 heavy (non-hydrogen) atoms. The van der Waals surface area contributed by atoms with Crippen LogP contribution in [0.2, 0.25) is 0 Å². The highest BCUT2D eigenvalue weighted by Gasteiger charge is 2.25. The van der Waals surface area contributed by atoms with E-state index < -0.39 is 5.38 Å². The van der Waals surface area contributed by atoms with Crippen LogP contribution >= 0.6 is 23.2 Å². The van der Waals surface area contributed by atoms with Gasteiger partial charge in [-0.25, -0.2) is 4.99 Å². The summed E-state index contributed by atoms with van der Waals surface area (Å²) in [5, 5.41) is -0.385. The number of alkyl halides is 1. The number of nitrogens with zero attached hydrogens (tertiary/aromatic N) is 1. The van der Waals surface area contributed by atoms with Crippen LogP contribution in [0.15, 0.2) is 15.6 Å². The number of carbonyl (C=O) groups is 1. The van der Waals surface area contributed by atoms with E-state index in [0.29, 0.717) is 10.7 Å². The van der Waals surface area contributed by atoms with E-state index in [9.17, 15) is 4.79 Å². The van der Waals surface area contributed by atoms with E-state index in [-0.39, 0.29) is 5.91 Å². The standard InChI is InChI=1S/C7H7Cl2NO/c1-3-4(2)10-7(11)6(9)5(3)8/h6H,1-2H3. The third-order valence-corrected chi connectivity index (χ3v) is 2.64. The lowest BCUT2D eigenvalue weighted by molar-refractivity contribution is -0.116. The number of rotatable bonds is 0. The van der Waals surface area contributed by atoms with E-state index in [4.69, 9.17) is 23.2 Å². The van der Waals surface area contributed by atoms with Crippen LogP contribution in [0.5, 0.6) is 0 Å². The molecule has 0 N–H and O–H groups in total. The van der Waals surface area contributed by atoms with Crippen LogP contribution < -0.4 is 0 Å². The Kier molecular flexibility index (Phi) is 2.35. The molecule has 4 heteroatoms. The molecule has 1 atom stereocenters. The van der Waals surface area contributed by atoms with Crippen LogP contribution in [-0.2, 0) is 4.79 Å². The van der Waals surface area contributed by atoms with Crippen molar-refractivity contribution in [1.29, 1.82) is 0 Å². The fourth-order valence-corrected chi connectivity index (χ4v) is 1.22. The largest absolute Gasteiger partial charge is 0.270 e. The quantitative estimate of drug-likeness (QED) is 0.540. The first-order valence-corrected chi connectivity index (χ1v) is 3.95. The van der Waals surface area contributed by atoms with Gasteiger partial charge in [-0.3, -0.25) is 4.79 Å². The summed E-state index contributed by atoms with van der Waals surface area (Å²) in [5.41, 5.74) is 1.45. The Morgan fingerprint density at radius 1 is 1.45 bits per heavy atom. The molecule has 2 nitrogen and oxygen atoms in total. The molecule has 1 heterocycles. The zero-order valence-electron chi connectivity index (χ0n) is 6.19. The predicted molar refractivity (Wildman–Crippen MR) is 46.3 cm³/mol. The van der Waals surface area contributed by atoms with Gasteiger partial charge in [-0.15, -0.1) is 11.6 Å². The smallest absolute Gasteiger partial charge is 0.269 e. The Hall–Kier alpha value is -0.340. The van der Waals surface area contributed by atoms with Crippen molar-refractivity contribution >= 4 is 34.8 Å². The summed E-state index contributed by atoms with van der Waals surface area (Å²) in [7, 11) is 0. The van der Waals surface area contributed by atoms with Gasteiger partial charge in [0.25, 0.3) is 5.91 Å². The van der Waals surface area contributed by atoms with Gasteiger partial charge in [-0.05, 0) is 19.4 Å². The fraction of sp³-hybridized carbons (Fsp3) is 0.429. The summed E-state index contributed by atoms with van der Waals surface area (Å²) in [5.74, 6) is -0.375. The molecule has 1 rings (SSSR count). The average Bonchev–Trinajstić information content (AvgIpc) is 1.97. The van der Waals surface area contributed by atoms with Crippen LogP contribution in [0.4, 0.5) is 0 Å². The van der Waals surface area contributed by atoms with Gasteiger partial charge >= 0.3 is 0 Å². The number of amides is 1. The Bertz CT molecular complexity index is 268. The second-order valence-corrected chi connectivity index (χ2v) is 3.21. The monoisotopic (exact) mass is 191 g/mol. The van der Waals surface area contributed by atoms with Gasteiger partial charge in [0.15, 0.2) is 5.38 Å². The molecular weight excluding hydrogens is 185 g/mol. The van der Waals surface area contributed by atoms with Crippen molar-refractivity contribution in [2.75, 3.05) is 0 Å². The van der Waals surface area contributed by atoms with Gasteiger partial charge in [0.05, 0.1) is 5.03 Å². The molecule has 0 bridgehead atoms. The van der Waals surface area contributed by atoms with Gasteiger partial charge in [-0.2, -0.15) is 0 Å². The molecule has 1 aliphatic rings. The van der Waals surface area contributed by atoms with Crippen LogP contribution in [0.1, 0.15) is 13.8 Å². The van der Waals surface area contributed by atoms with E-state index in [0.717, 1.165) is 5.57 Å². The van der Waals surface area contributed by atoms with Gasteiger partial charge in [0.2, 0.25) is 0 Å². The minimum Gasteiger partial charge on any atom is -0.270 e. The highest BCUT2D eigenvalue weighted by atomic mass is 35.5. The summed E-state index contributed by atoms with van der Waals surface area (Å²) >= 11 is 11.4. The highest BCUT2D eigenvalue weighted by Crippen LogP contribution is 2.24. The fourth-order valence-electron chi connectivity index (χ4n) is 0.777. The third-order valence-electron chi connectivity index (χ3n) is 1.62. The Balaban J connectivity index is 3.12. The number of hydrogen-bond donors (Lipinski definition) is 0. The van der Waals surface area contributed by atoms with Crippen molar-refractivity contribution < 1.29 is 4.79 Å². The highest BCUT2D eigenvalue weighted by molar-refractivity contribution is 6.46. The first-order chi connectivity index (χ1) is 5.04. The molecule has 0 saturated heterocycles. The van der Waals surface area contributed by atoms with Crippen molar-refractivity contribution in [1.82, 2.24) is 0 Å². The van der Waals surface area contributed by atoms with Crippen molar-refractivity contribution in [3.8, 4) is 0 Å². The topological polar surface area (TPSA) is 29.4 Å². The lowest BCUT2D eigenvalue weighted by atomic mass is 10.1. The number of dihydropyridines is 1. The molecule has 1 amide bonds. The molecule has 0 aromatic rings. The number of halogens is 2. The van der Waals surface area contributed by atoms with E-state index in [1.54, 1.807) is 13.8 Å². The van der Waals surface area contributed by atoms with E-state index >= 15 is 0 Å². The van der Waals surface area contributed by atoms with E-state index in [2.05, 4.69) is 4.99 Å². The number of allylic oxidation sites excluding steroid dienone is 1. The van der Waals surface area contributed by atoms with Crippen molar-refractivity contribution in [2.24, 2.45) is 4.99 Å². The third kappa shape index (κ3) is 1.47. The summed E-state index contributed by atoms with van der Waals surface area (Å²) in [6.45, 7) is 3.53.